The summed E-state index contributed by atoms with van der Waals surface area (Å²) in [5, 5.41) is 0.965. The Morgan fingerprint density at radius 1 is 0.975 bits per heavy atom. The van der Waals surface area contributed by atoms with Gasteiger partial charge in [-0.05, 0) is 80.0 Å². The summed E-state index contributed by atoms with van der Waals surface area (Å²) in [4.78, 5) is 12.1. The molecule has 0 unspecified atom stereocenters. The zero-order valence-corrected chi connectivity index (χ0v) is 25.5. The van der Waals surface area contributed by atoms with Crippen LogP contribution in [0.15, 0.2) is 66.5 Å². The second-order valence-corrected chi connectivity index (χ2v) is 11.0. The van der Waals surface area contributed by atoms with Crippen LogP contribution < -0.4 is 14.4 Å². The summed E-state index contributed by atoms with van der Waals surface area (Å²) >= 11 is 0. The van der Waals surface area contributed by atoms with Crippen LogP contribution in [0, 0.1) is 12.3 Å². The highest BCUT2D eigenvalue weighted by Crippen LogP contribution is 2.33. The van der Waals surface area contributed by atoms with Gasteiger partial charge in [0.05, 0.1) is 19.2 Å². The fraction of sp³-hybridized carbons (Fsp3) is 0.471. The van der Waals surface area contributed by atoms with E-state index in [1.807, 2.05) is 30.3 Å². The molecule has 0 aliphatic carbocycles. The van der Waals surface area contributed by atoms with Crippen molar-refractivity contribution in [1.82, 2.24) is 9.97 Å². The number of methoxy groups -OCH3 is 1. The fourth-order valence-electron chi connectivity index (χ4n) is 4.44. The first kappa shape index (κ1) is 31.0. The van der Waals surface area contributed by atoms with Gasteiger partial charge in [0.2, 0.25) is 0 Å². The van der Waals surface area contributed by atoms with E-state index in [-0.39, 0.29) is 5.41 Å². The lowest BCUT2D eigenvalue weighted by molar-refractivity contribution is 0.236. The van der Waals surface area contributed by atoms with Crippen LogP contribution in [-0.2, 0) is 4.74 Å². The lowest BCUT2D eigenvalue weighted by Crippen LogP contribution is -2.27. The van der Waals surface area contributed by atoms with Crippen LogP contribution in [0.4, 0.5) is 5.82 Å². The number of benzene rings is 2. The van der Waals surface area contributed by atoms with Crippen molar-refractivity contribution in [2.24, 2.45) is 5.41 Å². The quantitative estimate of drug-likeness (QED) is 0.132. The molecule has 216 valence electrons. The molecule has 0 N–H and O–H groups in total. The first-order valence-corrected chi connectivity index (χ1v) is 14.6. The normalized spacial score (nSPS) is 11.9. The summed E-state index contributed by atoms with van der Waals surface area (Å²) in [6.45, 7) is 19.4. The van der Waals surface area contributed by atoms with Gasteiger partial charge in [0.1, 0.15) is 23.1 Å². The van der Waals surface area contributed by atoms with Crippen molar-refractivity contribution in [2.75, 3.05) is 31.7 Å². The minimum atomic E-state index is -0.138. The third-order valence-corrected chi connectivity index (χ3v) is 6.95. The van der Waals surface area contributed by atoms with Crippen LogP contribution >= 0.6 is 0 Å². The number of hydrogen-bond donors (Lipinski definition) is 0. The van der Waals surface area contributed by atoms with E-state index >= 15 is 0 Å². The Morgan fingerprint density at radius 3 is 2.35 bits per heavy atom. The van der Waals surface area contributed by atoms with E-state index in [1.165, 1.54) is 5.56 Å². The third-order valence-electron chi connectivity index (χ3n) is 6.95. The van der Waals surface area contributed by atoms with Crippen LogP contribution in [0.2, 0.25) is 0 Å². The maximum Gasteiger partial charge on any atom is 0.318 e. The average molecular weight is 546 g/mol. The van der Waals surface area contributed by atoms with E-state index < -0.39 is 0 Å². The van der Waals surface area contributed by atoms with Crippen molar-refractivity contribution in [3.63, 3.8) is 0 Å². The third kappa shape index (κ3) is 8.73. The van der Waals surface area contributed by atoms with E-state index in [1.54, 1.807) is 7.11 Å². The van der Waals surface area contributed by atoms with E-state index in [4.69, 9.17) is 24.2 Å². The largest absolute Gasteiger partial charge is 0.497 e. The smallest absolute Gasteiger partial charge is 0.318 e. The van der Waals surface area contributed by atoms with Crippen LogP contribution in [-0.4, -0.2) is 36.8 Å². The Kier molecular flexibility index (Phi) is 11.4. The van der Waals surface area contributed by atoms with Gasteiger partial charge in [-0.3, -0.25) is 0 Å². The van der Waals surface area contributed by atoms with E-state index in [0.717, 1.165) is 84.7 Å². The number of ether oxygens (including phenoxy) is 3. The topological polar surface area (TPSA) is 56.7 Å². The number of anilines is 1. The lowest BCUT2D eigenvalue weighted by atomic mass is 9.88. The van der Waals surface area contributed by atoms with Gasteiger partial charge in [0, 0.05) is 18.5 Å². The van der Waals surface area contributed by atoms with Crippen molar-refractivity contribution in [2.45, 2.75) is 73.6 Å². The molecule has 3 aromatic rings. The molecule has 0 aliphatic heterocycles. The fourth-order valence-corrected chi connectivity index (χ4v) is 4.44. The molecule has 0 saturated carbocycles. The number of hydrogen-bond acceptors (Lipinski definition) is 6. The molecule has 6 heteroatoms. The molecule has 0 amide bonds. The zero-order valence-electron chi connectivity index (χ0n) is 25.5. The van der Waals surface area contributed by atoms with Crippen LogP contribution in [0.25, 0.3) is 10.9 Å². The van der Waals surface area contributed by atoms with Gasteiger partial charge in [-0.1, -0.05) is 65.3 Å². The van der Waals surface area contributed by atoms with Gasteiger partial charge in [-0.15, -0.1) is 0 Å². The second-order valence-electron chi connectivity index (χ2n) is 11.0. The molecule has 0 spiro atoms. The first-order chi connectivity index (χ1) is 19.2. The summed E-state index contributed by atoms with van der Waals surface area (Å²) in [7, 11) is 1.70. The molecule has 2 aromatic carbocycles. The highest BCUT2D eigenvalue weighted by Gasteiger charge is 2.20. The molecule has 0 bridgehead atoms. The Bertz CT molecular complexity index is 1280. The predicted octanol–water partition coefficient (Wildman–Crippen LogP) is 9.04. The summed E-state index contributed by atoms with van der Waals surface area (Å²) in [6.07, 6.45) is 7.00. The van der Waals surface area contributed by atoms with Crippen molar-refractivity contribution in [3.8, 4) is 17.5 Å². The van der Waals surface area contributed by atoms with Crippen LogP contribution in [0.5, 0.6) is 17.5 Å². The molecular weight excluding hydrogens is 498 g/mol. The molecular formula is C34H47N3O3. The number of aromatic nitrogens is 2. The van der Waals surface area contributed by atoms with Gasteiger partial charge in [0.15, 0.2) is 0 Å². The standard InChI is InChI=1S/C34H47N3O3/c1-9-12-21-37(20-10-2)32-29-23-28(40-27-15-13-25(4)14-16-27)17-18-30(29)35-33(36-32)39-22-19-34(6,7)24-31(38-8)26(5)11-3/h13-18,23-24H,5,9-12,19-22H2,1-4,6-8H3/b31-24+. The molecule has 6 nitrogen and oxygen atoms in total. The minimum absolute atomic E-state index is 0.138. The number of aryl methyl sites for hydroxylation is 1. The molecule has 0 radical (unpaired) electrons. The number of rotatable bonds is 16. The maximum atomic E-state index is 6.19. The van der Waals surface area contributed by atoms with E-state index in [2.05, 4.69) is 71.2 Å². The van der Waals surface area contributed by atoms with Crippen LogP contribution in [0.1, 0.15) is 72.3 Å². The van der Waals surface area contributed by atoms with Gasteiger partial charge in [-0.2, -0.15) is 9.97 Å². The summed E-state index contributed by atoms with van der Waals surface area (Å²) in [6, 6.07) is 14.5. The Labute approximate surface area is 241 Å². The monoisotopic (exact) mass is 545 g/mol. The lowest BCUT2D eigenvalue weighted by Gasteiger charge is -2.25. The molecule has 3 rings (SSSR count). The van der Waals surface area contributed by atoms with Gasteiger partial charge in [0.25, 0.3) is 0 Å². The second kappa shape index (κ2) is 14.7. The van der Waals surface area contributed by atoms with Crippen molar-refractivity contribution < 1.29 is 14.2 Å². The molecule has 40 heavy (non-hydrogen) atoms. The van der Waals surface area contributed by atoms with Crippen molar-refractivity contribution in [1.29, 1.82) is 0 Å². The van der Waals surface area contributed by atoms with E-state index in [0.29, 0.717) is 12.6 Å². The Balaban J connectivity index is 1.90. The molecule has 0 atom stereocenters. The zero-order chi connectivity index (χ0) is 29.1. The summed E-state index contributed by atoms with van der Waals surface area (Å²) in [5.41, 5.74) is 2.90. The van der Waals surface area contributed by atoms with Gasteiger partial charge < -0.3 is 19.1 Å². The molecule has 1 heterocycles. The van der Waals surface area contributed by atoms with Gasteiger partial charge in [-0.25, -0.2) is 0 Å². The number of fused-ring (bicyclic) bond motifs is 1. The molecule has 0 aliphatic rings. The Hall–Kier alpha value is -3.54. The number of nitrogens with zero attached hydrogens (tertiary/aromatic N) is 3. The molecule has 0 saturated heterocycles. The number of allylic oxidation sites excluding steroid dienone is 2. The number of unbranched alkanes of at least 4 members (excludes halogenated alkanes) is 1. The highest BCUT2D eigenvalue weighted by atomic mass is 16.5. The minimum Gasteiger partial charge on any atom is -0.497 e. The molecule has 0 fully saturated rings. The predicted molar refractivity (Wildman–Crippen MR) is 167 cm³/mol. The van der Waals surface area contributed by atoms with Crippen molar-refractivity contribution in [3.05, 3.63) is 72.0 Å². The highest BCUT2D eigenvalue weighted by molar-refractivity contribution is 5.91. The average Bonchev–Trinajstić information content (AvgIpc) is 2.94. The maximum absolute atomic E-state index is 6.19. The summed E-state index contributed by atoms with van der Waals surface area (Å²) < 4.78 is 18.0. The summed E-state index contributed by atoms with van der Waals surface area (Å²) in [5.74, 6) is 3.30. The van der Waals surface area contributed by atoms with Crippen LogP contribution in [0.3, 0.4) is 0 Å². The van der Waals surface area contributed by atoms with Gasteiger partial charge >= 0.3 is 6.01 Å². The first-order valence-electron chi connectivity index (χ1n) is 14.6. The van der Waals surface area contributed by atoms with Crippen molar-refractivity contribution >= 4 is 16.7 Å². The molecule has 1 aromatic heterocycles. The van der Waals surface area contributed by atoms with E-state index in [9.17, 15) is 0 Å². The Morgan fingerprint density at radius 2 is 1.70 bits per heavy atom. The SMILES string of the molecule is C=C(CC)/C(=C\C(C)(C)CCOc1nc(N(CCC)CCCC)c2cc(Oc3ccc(C)cc3)ccc2n1)OC.